The van der Waals surface area contributed by atoms with Crippen LogP contribution in [0.25, 0.3) is 11.0 Å². The number of ether oxygens (including phenoxy) is 1. The summed E-state index contributed by atoms with van der Waals surface area (Å²) in [6.07, 6.45) is 1.60. The number of aromatic amines is 1. The second-order valence-electron chi connectivity index (χ2n) is 4.10. The van der Waals surface area contributed by atoms with Crippen molar-refractivity contribution in [2.24, 2.45) is 0 Å². The molecule has 3 N–H and O–H groups in total. The Labute approximate surface area is 114 Å². The molecule has 3 aromatic rings. The van der Waals surface area contributed by atoms with E-state index in [2.05, 4.69) is 25.5 Å². The molecule has 1 aromatic carbocycles. The van der Waals surface area contributed by atoms with Crippen LogP contribution < -0.4 is 10.1 Å². The monoisotopic (exact) mass is 271 g/mol. The van der Waals surface area contributed by atoms with Gasteiger partial charge in [-0.05, 0) is 6.07 Å². The summed E-state index contributed by atoms with van der Waals surface area (Å²) < 4.78 is 5.80. The van der Waals surface area contributed by atoms with Crippen molar-refractivity contribution in [3.63, 3.8) is 0 Å². The lowest BCUT2D eigenvalue weighted by atomic mass is 10.2. The lowest BCUT2D eigenvalue weighted by molar-refractivity contribution is 0.276. The van der Waals surface area contributed by atoms with Gasteiger partial charge in [0.05, 0.1) is 12.8 Å². The number of nitrogens with one attached hydrogen (secondary N) is 2. The summed E-state index contributed by atoms with van der Waals surface area (Å²) in [7, 11) is 1.73. The van der Waals surface area contributed by atoms with Crippen molar-refractivity contribution < 1.29 is 9.84 Å². The van der Waals surface area contributed by atoms with Gasteiger partial charge in [-0.2, -0.15) is 15.1 Å². The third-order valence-electron chi connectivity index (χ3n) is 2.85. The first-order chi connectivity index (χ1) is 9.81. The number of rotatable bonds is 4. The molecule has 0 aliphatic rings. The third-order valence-corrected chi connectivity index (χ3v) is 2.85. The molecule has 2 aromatic heterocycles. The van der Waals surface area contributed by atoms with Crippen LogP contribution in [0.2, 0.25) is 0 Å². The van der Waals surface area contributed by atoms with E-state index in [0.717, 1.165) is 0 Å². The molecule has 3 rings (SSSR count). The molecular formula is C13H13N5O2. The van der Waals surface area contributed by atoms with Gasteiger partial charge < -0.3 is 15.2 Å². The van der Waals surface area contributed by atoms with Crippen molar-refractivity contribution in [3.8, 4) is 11.6 Å². The van der Waals surface area contributed by atoms with Crippen molar-refractivity contribution in [1.82, 2.24) is 20.2 Å². The maximum Gasteiger partial charge on any atom is 0.235 e. The number of anilines is 1. The highest BCUT2D eigenvalue weighted by molar-refractivity contribution is 5.80. The Bertz CT molecular complexity index is 740. The van der Waals surface area contributed by atoms with Crippen LogP contribution in [0.1, 0.15) is 5.56 Å². The van der Waals surface area contributed by atoms with E-state index in [4.69, 9.17) is 4.74 Å². The zero-order chi connectivity index (χ0) is 13.9. The Morgan fingerprint density at radius 3 is 2.95 bits per heavy atom. The van der Waals surface area contributed by atoms with Gasteiger partial charge in [0.25, 0.3) is 0 Å². The van der Waals surface area contributed by atoms with Crippen LogP contribution in [0.4, 0.5) is 5.95 Å². The first kappa shape index (κ1) is 12.4. The molecule has 0 saturated carbocycles. The number of nitrogens with zero attached hydrogens (tertiary/aromatic N) is 3. The Morgan fingerprint density at radius 1 is 1.30 bits per heavy atom. The minimum Gasteiger partial charge on any atom is -0.438 e. The van der Waals surface area contributed by atoms with E-state index in [1.807, 2.05) is 12.1 Å². The molecule has 7 nitrogen and oxygen atoms in total. The summed E-state index contributed by atoms with van der Waals surface area (Å²) >= 11 is 0. The van der Waals surface area contributed by atoms with Crippen molar-refractivity contribution in [3.05, 3.63) is 36.0 Å². The van der Waals surface area contributed by atoms with E-state index in [9.17, 15) is 5.11 Å². The Balaban J connectivity index is 2.07. The van der Waals surface area contributed by atoms with Crippen molar-refractivity contribution >= 4 is 17.0 Å². The van der Waals surface area contributed by atoms with Crippen LogP contribution in [-0.4, -0.2) is 32.3 Å². The van der Waals surface area contributed by atoms with Crippen molar-refractivity contribution in [2.45, 2.75) is 6.61 Å². The molecule has 0 bridgehead atoms. The average molecular weight is 271 g/mol. The fraction of sp³-hybridized carbons (Fsp3) is 0.154. The summed E-state index contributed by atoms with van der Waals surface area (Å²) in [5.74, 6) is 1.37. The van der Waals surface area contributed by atoms with Gasteiger partial charge in [-0.3, -0.25) is 5.10 Å². The second kappa shape index (κ2) is 5.14. The predicted octanol–water partition coefficient (Wildman–Crippen LogP) is 1.68. The summed E-state index contributed by atoms with van der Waals surface area (Å²) in [6.45, 7) is -0.103. The van der Waals surface area contributed by atoms with Gasteiger partial charge in [0.1, 0.15) is 11.1 Å². The number of aromatic nitrogens is 4. The molecule has 0 amide bonds. The van der Waals surface area contributed by atoms with Gasteiger partial charge in [-0.15, -0.1) is 0 Å². The number of hydrogen-bond acceptors (Lipinski definition) is 6. The first-order valence-electron chi connectivity index (χ1n) is 6.07. The summed E-state index contributed by atoms with van der Waals surface area (Å²) in [5, 5.41) is 19.6. The zero-order valence-corrected chi connectivity index (χ0v) is 10.8. The number of aliphatic hydroxyl groups is 1. The first-order valence-corrected chi connectivity index (χ1v) is 6.07. The molecule has 0 aliphatic carbocycles. The summed E-state index contributed by atoms with van der Waals surface area (Å²) in [4.78, 5) is 8.51. The van der Waals surface area contributed by atoms with Crippen molar-refractivity contribution in [1.29, 1.82) is 0 Å². The number of hydrogen-bond donors (Lipinski definition) is 3. The lowest BCUT2D eigenvalue weighted by Crippen LogP contribution is -2.00. The van der Waals surface area contributed by atoms with Crippen LogP contribution in [-0.2, 0) is 6.61 Å². The molecule has 102 valence electrons. The largest absolute Gasteiger partial charge is 0.438 e. The van der Waals surface area contributed by atoms with Gasteiger partial charge in [-0.1, -0.05) is 18.2 Å². The number of H-pyrrole nitrogens is 1. The van der Waals surface area contributed by atoms with Crippen LogP contribution in [0.3, 0.4) is 0 Å². The molecule has 0 radical (unpaired) electrons. The zero-order valence-electron chi connectivity index (χ0n) is 10.8. The molecule has 0 spiro atoms. The Hall–Kier alpha value is -2.67. The molecule has 7 heteroatoms. The predicted molar refractivity (Wildman–Crippen MR) is 73.7 cm³/mol. The van der Waals surface area contributed by atoms with Gasteiger partial charge in [0.2, 0.25) is 11.8 Å². The third kappa shape index (κ3) is 2.14. The van der Waals surface area contributed by atoms with E-state index >= 15 is 0 Å². The molecule has 20 heavy (non-hydrogen) atoms. The fourth-order valence-corrected chi connectivity index (χ4v) is 1.84. The summed E-state index contributed by atoms with van der Waals surface area (Å²) in [5.41, 5.74) is 1.27. The highest BCUT2D eigenvalue weighted by Crippen LogP contribution is 2.29. The second-order valence-corrected chi connectivity index (χ2v) is 4.10. The molecule has 0 unspecified atom stereocenters. The van der Waals surface area contributed by atoms with Crippen LogP contribution in [0.15, 0.2) is 30.5 Å². The fourth-order valence-electron chi connectivity index (χ4n) is 1.84. The topological polar surface area (TPSA) is 96.0 Å². The molecule has 0 aliphatic heterocycles. The minimum atomic E-state index is -0.103. The van der Waals surface area contributed by atoms with E-state index in [-0.39, 0.29) is 6.61 Å². The van der Waals surface area contributed by atoms with Gasteiger partial charge >= 0.3 is 0 Å². The van der Waals surface area contributed by atoms with Gasteiger partial charge in [-0.25, -0.2) is 0 Å². The molecule has 2 heterocycles. The minimum absolute atomic E-state index is 0.103. The quantitative estimate of drug-likeness (QED) is 0.668. The van der Waals surface area contributed by atoms with E-state index in [0.29, 0.717) is 34.2 Å². The van der Waals surface area contributed by atoms with Crippen LogP contribution >= 0.6 is 0 Å². The lowest BCUT2D eigenvalue weighted by Gasteiger charge is -2.10. The standard InChI is InChI=1S/C13H13N5O2/c1-14-13-16-11-9(6-15-18-11)12(17-13)20-10-5-3-2-4-8(10)7-19/h2-6,19H,7H2,1H3,(H2,14,15,16,17,18). The number of aliphatic hydroxyl groups excluding tert-OH is 1. The van der Waals surface area contributed by atoms with Gasteiger partial charge in [0.15, 0.2) is 5.65 Å². The van der Waals surface area contributed by atoms with Crippen LogP contribution in [0, 0.1) is 0 Å². The van der Waals surface area contributed by atoms with Crippen LogP contribution in [0.5, 0.6) is 11.6 Å². The van der Waals surface area contributed by atoms with Gasteiger partial charge in [0, 0.05) is 12.6 Å². The smallest absolute Gasteiger partial charge is 0.235 e. The Morgan fingerprint density at radius 2 is 2.15 bits per heavy atom. The highest BCUT2D eigenvalue weighted by Gasteiger charge is 2.12. The summed E-state index contributed by atoms with van der Waals surface area (Å²) in [6, 6.07) is 7.24. The molecule has 0 saturated heterocycles. The maximum atomic E-state index is 9.33. The number of benzene rings is 1. The average Bonchev–Trinajstić information content (AvgIpc) is 2.96. The SMILES string of the molecule is CNc1nc(Oc2ccccc2CO)c2cn[nH]c2n1. The van der Waals surface area contributed by atoms with E-state index in [1.54, 1.807) is 25.4 Å². The van der Waals surface area contributed by atoms with E-state index < -0.39 is 0 Å². The molecule has 0 atom stereocenters. The molecule has 0 fully saturated rings. The van der Waals surface area contributed by atoms with E-state index in [1.165, 1.54) is 0 Å². The maximum absolute atomic E-state index is 9.33. The number of fused-ring (bicyclic) bond motifs is 1. The molecular weight excluding hydrogens is 258 g/mol. The normalized spacial score (nSPS) is 10.7. The number of para-hydroxylation sites is 1. The Kier molecular flexibility index (Phi) is 3.18. The van der Waals surface area contributed by atoms with Crippen molar-refractivity contribution in [2.75, 3.05) is 12.4 Å². The highest BCUT2D eigenvalue weighted by atomic mass is 16.5.